The van der Waals surface area contributed by atoms with E-state index in [2.05, 4.69) is 20.6 Å². The summed E-state index contributed by atoms with van der Waals surface area (Å²) in [5, 5.41) is 10.8. The van der Waals surface area contributed by atoms with Crippen molar-refractivity contribution in [3.05, 3.63) is 82.9 Å². The minimum atomic E-state index is -1.16. The first kappa shape index (κ1) is 22.2. The van der Waals surface area contributed by atoms with Gasteiger partial charge in [0.05, 0.1) is 6.42 Å². The second kappa shape index (κ2) is 10.1. The predicted molar refractivity (Wildman–Crippen MR) is 118 cm³/mol. The molecule has 2 heterocycles. The molecule has 168 valence electrons. The van der Waals surface area contributed by atoms with Crippen LogP contribution in [0.4, 0.5) is 5.82 Å². The van der Waals surface area contributed by atoms with Crippen molar-refractivity contribution < 1.29 is 23.4 Å². The lowest BCUT2D eigenvalue weighted by Crippen LogP contribution is -2.26. The molecule has 2 aromatic carbocycles. The summed E-state index contributed by atoms with van der Waals surface area (Å²) in [7, 11) is 0. The summed E-state index contributed by atoms with van der Waals surface area (Å²) >= 11 is 5.89. The minimum Gasteiger partial charge on any atom is -0.447 e. The van der Waals surface area contributed by atoms with E-state index in [1.54, 1.807) is 67.6 Å². The topological polar surface area (TPSA) is 120 Å². The Bertz CT molecular complexity index is 1240. The van der Waals surface area contributed by atoms with Crippen molar-refractivity contribution in [1.29, 1.82) is 0 Å². The van der Waals surface area contributed by atoms with E-state index in [-0.39, 0.29) is 24.6 Å². The summed E-state index contributed by atoms with van der Waals surface area (Å²) in [6.45, 7) is 1.70. The summed E-state index contributed by atoms with van der Waals surface area (Å²) in [5.74, 6) is 0.286. The van der Waals surface area contributed by atoms with E-state index < -0.39 is 18.0 Å². The number of anilines is 1. The van der Waals surface area contributed by atoms with Crippen LogP contribution in [-0.2, 0) is 20.7 Å². The summed E-state index contributed by atoms with van der Waals surface area (Å²) in [5.41, 5.74) is 1.26. The largest absolute Gasteiger partial charge is 0.447 e. The molecule has 9 nitrogen and oxygen atoms in total. The molecule has 0 saturated carbocycles. The SMILES string of the molecule is Cc1cc(NC(=O)C(OC(=O)CCc2nc(-c3ccc(Cl)cc3)no2)c2ccccc2)no1. The normalized spacial score (nSPS) is 11.7. The molecule has 1 N–H and O–H groups in total. The summed E-state index contributed by atoms with van der Waals surface area (Å²) in [6, 6.07) is 17.2. The van der Waals surface area contributed by atoms with Gasteiger partial charge in [0.1, 0.15) is 5.76 Å². The van der Waals surface area contributed by atoms with Crippen LogP contribution in [0, 0.1) is 6.92 Å². The average Bonchev–Trinajstić information content (AvgIpc) is 3.46. The number of hydrogen-bond donors (Lipinski definition) is 1. The molecule has 33 heavy (non-hydrogen) atoms. The lowest BCUT2D eigenvalue weighted by molar-refractivity contribution is -0.154. The van der Waals surface area contributed by atoms with Gasteiger partial charge < -0.3 is 19.1 Å². The van der Waals surface area contributed by atoms with Crippen LogP contribution in [0.5, 0.6) is 0 Å². The van der Waals surface area contributed by atoms with Gasteiger partial charge in [-0.05, 0) is 31.2 Å². The number of halogens is 1. The third-order valence-corrected chi connectivity index (χ3v) is 4.83. The molecule has 0 aliphatic rings. The maximum atomic E-state index is 12.8. The average molecular weight is 467 g/mol. The number of rotatable bonds is 8. The van der Waals surface area contributed by atoms with Gasteiger partial charge >= 0.3 is 5.97 Å². The van der Waals surface area contributed by atoms with Gasteiger partial charge in [0.2, 0.25) is 17.8 Å². The van der Waals surface area contributed by atoms with Crippen molar-refractivity contribution in [3.63, 3.8) is 0 Å². The third kappa shape index (κ3) is 5.83. The van der Waals surface area contributed by atoms with Crippen LogP contribution in [0.25, 0.3) is 11.4 Å². The Labute approximate surface area is 193 Å². The van der Waals surface area contributed by atoms with Gasteiger partial charge in [-0.2, -0.15) is 4.98 Å². The number of carbonyl (C=O) groups is 2. The number of aromatic nitrogens is 3. The van der Waals surface area contributed by atoms with Crippen molar-refractivity contribution in [2.75, 3.05) is 5.32 Å². The molecule has 0 aliphatic carbocycles. The van der Waals surface area contributed by atoms with Gasteiger partial charge in [-0.15, -0.1) is 0 Å². The highest BCUT2D eigenvalue weighted by Gasteiger charge is 2.26. The van der Waals surface area contributed by atoms with E-state index in [4.69, 9.17) is 25.4 Å². The Morgan fingerprint density at radius 2 is 1.82 bits per heavy atom. The highest BCUT2D eigenvalue weighted by atomic mass is 35.5. The highest BCUT2D eigenvalue weighted by molar-refractivity contribution is 6.30. The zero-order valence-corrected chi connectivity index (χ0v) is 18.3. The van der Waals surface area contributed by atoms with Crippen LogP contribution >= 0.6 is 11.6 Å². The molecule has 0 spiro atoms. The molecule has 0 bridgehead atoms. The van der Waals surface area contributed by atoms with E-state index in [0.29, 0.717) is 22.2 Å². The summed E-state index contributed by atoms with van der Waals surface area (Å²) in [6.07, 6.45) is -1.06. The molecule has 1 amide bonds. The summed E-state index contributed by atoms with van der Waals surface area (Å²) in [4.78, 5) is 29.6. The van der Waals surface area contributed by atoms with Gasteiger partial charge in [0, 0.05) is 28.6 Å². The van der Waals surface area contributed by atoms with Gasteiger partial charge in [0.25, 0.3) is 5.91 Å². The van der Waals surface area contributed by atoms with E-state index >= 15 is 0 Å². The Morgan fingerprint density at radius 3 is 2.52 bits per heavy atom. The fraction of sp³-hybridized carbons (Fsp3) is 0.174. The molecule has 2 aromatic heterocycles. The Morgan fingerprint density at radius 1 is 1.06 bits per heavy atom. The van der Waals surface area contributed by atoms with Crippen LogP contribution in [0.2, 0.25) is 5.02 Å². The van der Waals surface area contributed by atoms with Crippen molar-refractivity contribution >= 4 is 29.3 Å². The van der Waals surface area contributed by atoms with Crippen molar-refractivity contribution in [1.82, 2.24) is 15.3 Å². The number of carbonyl (C=O) groups excluding carboxylic acids is 2. The van der Waals surface area contributed by atoms with E-state index in [9.17, 15) is 9.59 Å². The van der Waals surface area contributed by atoms with Crippen LogP contribution in [0.1, 0.15) is 29.7 Å². The maximum Gasteiger partial charge on any atom is 0.307 e. The molecule has 1 unspecified atom stereocenters. The van der Waals surface area contributed by atoms with Crippen molar-refractivity contribution in [2.45, 2.75) is 25.9 Å². The van der Waals surface area contributed by atoms with Crippen molar-refractivity contribution in [2.24, 2.45) is 0 Å². The first-order valence-corrected chi connectivity index (χ1v) is 10.4. The van der Waals surface area contributed by atoms with Crippen molar-refractivity contribution in [3.8, 4) is 11.4 Å². The number of esters is 1. The number of amides is 1. The minimum absolute atomic E-state index is 0.0536. The van der Waals surface area contributed by atoms with E-state index in [0.717, 1.165) is 5.56 Å². The molecule has 4 rings (SSSR count). The summed E-state index contributed by atoms with van der Waals surface area (Å²) < 4.78 is 15.7. The molecular formula is C23H19ClN4O5. The molecule has 0 saturated heterocycles. The monoisotopic (exact) mass is 466 g/mol. The highest BCUT2D eigenvalue weighted by Crippen LogP contribution is 2.22. The predicted octanol–water partition coefficient (Wildman–Crippen LogP) is 4.54. The second-order valence-electron chi connectivity index (χ2n) is 7.11. The first-order chi connectivity index (χ1) is 16.0. The lowest BCUT2D eigenvalue weighted by Gasteiger charge is -2.17. The smallest absolute Gasteiger partial charge is 0.307 e. The molecule has 0 aliphatic heterocycles. The Balaban J connectivity index is 1.39. The molecule has 10 heteroatoms. The fourth-order valence-electron chi connectivity index (χ4n) is 2.99. The number of aryl methyl sites for hydroxylation is 2. The fourth-order valence-corrected chi connectivity index (χ4v) is 3.12. The molecule has 4 aromatic rings. The second-order valence-corrected chi connectivity index (χ2v) is 7.55. The van der Waals surface area contributed by atoms with Gasteiger partial charge in [-0.1, -0.05) is 52.2 Å². The number of hydrogen-bond acceptors (Lipinski definition) is 8. The number of nitrogens with one attached hydrogen (secondary N) is 1. The van der Waals surface area contributed by atoms with E-state index in [1.807, 2.05) is 0 Å². The lowest BCUT2D eigenvalue weighted by atomic mass is 10.1. The molecule has 1 atom stereocenters. The quantitative estimate of drug-likeness (QED) is 0.375. The van der Waals surface area contributed by atoms with Crippen LogP contribution in [0.15, 0.2) is 69.7 Å². The maximum absolute atomic E-state index is 12.8. The molecular weight excluding hydrogens is 448 g/mol. The van der Waals surface area contributed by atoms with Crippen LogP contribution in [0.3, 0.4) is 0 Å². The number of nitrogens with zero attached hydrogens (tertiary/aromatic N) is 3. The number of ether oxygens (including phenoxy) is 1. The Hall–Kier alpha value is -3.98. The zero-order chi connectivity index (χ0) is 23.2. The van der Waals surface area contributed by atoms with Crippen LogP contribution < -0.4 is 5.32 Å². The Kier molecular flexibility index (Phi) is 6.80. The van der Waals surface area contributed by atoms with Gasteiger partial charge in [-0.3, -0.25) is 9.59 Å². The standard InChI is InChI=1S/C23H19ClN4O5/c1-14-13-18(27-32-14)25-23(30)21(15-5-3-2-4-6-15)31-20(29)12-11-19-26-22(28-33-19)16-7-9-17(24)10-8-16/h2-10,13,21H,11-12H2,1H3,(H,25,27,30). The van der Waals surface area contributed by atoms with Gasteiger partial charge in [0.15, 0.2) is 5.82 Å². The number of benzene rings is 2. The first-order valence-electron chi connectivity index (χ1n) is 10.0. The van der Waals surface area contributed by atoms with Crippen LogP contribution in [-0.4, -0.2) is 27.2 Å². The molecule has 0 radical (unpaired) electrons. The third-order valence-electron chi connectivity index (χ3n) is 4.58. The van der Waals surface area contributed by atoms with Gasteiger partial charge in [-0.25, -0.2) is 0 Å². The molecule has 0 fully saturated rings. The van der Waals surface area contributed by atoms with E-state index in [1.165, 1.54) is 0 Å². The zero-order valence-electron chi connectivity index (χ0n) is 17.5.